The highest BCUT2D eigenvalue weighted by Crippen LogP contribution is 2.11. The maximum Gasteiger partial charge on any atom is 0.331 e. The molecule has 0 aliphatic carbocycles. The van der Waals surface area contributed by atoms with E-state index in [0.717, 1.165) is 11.6 Å². The van der Waals surface area contributed by atoms with Crippen LogP contribution in [-0.4, -0.2) is 18.0 Å². The van der Waals surface area contributed by atoms with Crippen LogP contribution < -0.4 is 5.32 Å². The molecular formula is C19H18FNO3. The van der Waals surface area contributed by atoms with Gasteiger partial charge in [0.05, 0.1) is 0 Å². The van der Waals surface area contributed by atoms with Crippen LogP contribution in [0.2, 0.25) is 0 Å². The number of rotatable bonds is 5. The summed E-state index contributed by atoms with van der Waals surface area (Å²) in [7, 11) is 0. The maximum absolute atomic E-state index is 13.0. The van der Waals surface area contributed by atoms with Crippen LogP contribution in [0.1, 0.15) is 18.1 Å². The Balaban J connectivity index is 1.89. The van der Waals surface area contributed by atoms with Gasteiger partial charge in [0, 0.05) is 11.8 Å². The van der Waals surface area contributed by atoms with E-state index in [2.05, 4.69) is 5.32 Å². The number of halogens is 1. The number of carbonyl (C=O) groups is 2. The Kier molecular flexibility index (Phi) is 5.84. The van der Waals surface area contributed by atoms with Crippen LogP contribution in [0, 0.1) is 12.7 Å². The van der Waals surface area contributed by atoms with Gasteiger partial charge in [-0.25, -0.2) is 9.18 Å². The number of ether oxygens (including phenoxy) is 1. The van der Waals surface area contributed by atoms with Crippen molar-refractivity contribution in [3.05, 3.63) is 71.6 Å². The minimum absolute atomic E-state index is 0.392. The third-order valence-corrected chi connectivity index (χ3v) is 3.21. The quantitative estimate of drug-likeness (QED) is 0.673. The molecule has 0 spiro atoms. The number of benzene rings is 2. The molecule has 2 rings (SSSR count). The number of anilines is 1. The summed E-state index contributed by atoms with van der Waals surface area (Å²) in [6.45, 7) is 3.40. The zero-order valence-electron chi connectivity index (χ0n) is 13.5. The monoisotopic (exact) mass is 327 g/mol. The van der Waals surface area contributed by atoms with Gasteiger partial charge < -0.3 is 10.1 Å². The van der Waals surface area contributed by atoms with Crippen LogP contribution in [-0.2, 0) is 14.3 Å². The van der Waals surface area contributed by atoms with Crippen LogP contribution in [0.4, 0.5) is 10.1 Å². The van der Waals surface area contributed by atoms with E-state index in [9.17, 15) is 14.0 Å². The highest BCUT2D eigenvalue weighted by atomic mass is 19.1. The fraction of sp³-hybridized carbons (Fsp3) is 0.158. The van der Waals surface area contributed by atoms with Crippen LogP contribution in [0.25, 0.3) is 6.08 Å². The van der Waals surface area contributed by atoms with Crippen LogP contribution >= 0.6 is 0 Å². The molecule has 0 saturated carbocycles. The summed E-state index contributed by atoms with van der Waals surface area (Å²) in [6, 6.07) is 13.1. The standard InChI is InChI=1S/C19H18FNO3/c1-13-5-3-8-17(11-13)21-19(23)14(2)24-18(22)10-9-15-6-4-7-16(20)12-15/h3-12,14H,1-2H3,(H,21,23)/b10-9+/t14-/m0/s1. The third kappa shape index (κ3) is 5.35. The normalized spacial score (nSPS) is 12.0. The van der Waals surface area contributed by atoms with Crippen molar-refractivity contribution in [1.29, 1.82) is 0 Å². The van der Waals surface area contributed by atoms with Gasteiger partial charge in [-0.15, -0.1) is 0 Å². The molecule has 2 aromatic carbocycles. The smallest absolute Gasteiger partial charge is 0.331 e. The fourth-order valence-corrected chi connectivity index (χ4v) is 2.01. The minimum atomic E-state index is -0.949. The molecule has 0 radical (unpaired) electrons. The van der Waals surface area contributed by atoms with E-state index in [1.54, 1.807) is 12.1 Å². The summed E-state index contributed by atoms with van der Waals surface area (Å²) in [6.07, 6.45) is 1.64. The van der Waals surface area contributed by atoms with Crippen LogP contribution in [0.15, 0.2) is 54.6 Å². The first kappa shape index (κ1) is 17.4. The average Bonchev–Trinajstić information content (AvgIpc) is 2.53. The Morgan fingerprint density at radius 3 is 2.62 bits per heavy atom. The second kappa shape index (κ2) is 8.06. The SMILES string of the molecule is Cc1cccc(NC(=O)[C@H](C)OC(=O)/C=C/c2cccc(F)c2)c1. The van der Waals surface area contributed by atoms with Gasteiger partial charge in [0.2, 0.25) is 0 Å². The summed E-state index contributed by atoms with van der Waals surface area (Å²) in [5, 5.41) is 2.68. The summed E-state index contributed by atoms with van der Waals surface area (Å²) in [4.78, 5) is 23.8. The van der Waals surface area contributed by atoms with Gasteiger partial charge in [-0.1, -0.05) is 24.3 Å². The van der Waals surface area contributed by atoms with E-state index in [4.69, 9.17) is 4.74 Å². The summed E-state index contributed by atoms with van der Waals surface area (Å²) >= 11 is 0. The second-order valence-corrected chi connectivity index (χ2v) is 5.33. The Labute approximate surface area is 140 Å². The molecular weight excluding hydrogens is 309 g/mol. The first-order valence-electron chi connectivity index (χ1n) is 7.46. The highest BCUT2D eigenvalue weighted by molar-refractivity contribution is 5.96. The summed E-state index contributed by atoms with van der Waals surface area (Å²) < 4.78 is 18.1. The lowest BCUT2D eigenvalue weighted by molar-refractivity contribution is -0.148. The molecule has 0 unspecified atom stereocenters. The number of aryl methyl sites for hydroxylation is 1. The molecule has 4 nitrogen and oxygen atoms in total. The predicted molar refractivity (Wildman–Crippen MR) is 90.8 cm³/mol. The van der Waals surface area contributed by atoms with Crippen molar-refractivity contribution in [3.63, 3.8) is 0 Å². The van der Waals surface area contributed by atoms with Gasteiger partial charge in [0.1, 0.15) is 5.82 Å². The number of nitrogens with one attached hydrogen (secondary N) is 1. The molecule has 1 amide bonds. The Bertz CT molecular complexity index is 771. The zero-order chi connectivity index (χ0) is 17.5. The first-order valence-corrected chi connectivity index (χ1v) is 7.46. The Morgan fingerprint density at radius 1 is 1.17 bits per heavy atom. The van der Waals surface area contributed by atoms with Gasteiger partial charge in [-0.2, -0.15) is 0 Å². The molecule has 0 aliphatic heterocycles. The van der Waals surface area contributed by atoms with Crippen LogP contribution in [0.3, 0.4) is 0 Å². The van der Waals surface area contributed by atoms with Crippen molar-refractivity contribution in [2.45, 2.75) is 20.0 Å². The third-order valence-electron chi connectivity index (χ3n) is 3.21. The maximum atomic E-state index is 13.0. The van der Waals surface area contributed by atoms with E-state index < -0.39 is 23.8 Å². The topological polar surface area (TPSA) is 55.4 Å². The minimum Gasteiger partial charge on any atom is -0.449 e. The lowest BCUT2D eigenvalue weighted by Gasteiger charge is -2.12. The molecule has 2 aromatic rings. The largest absolute Gasteiger partial charge is 0.449 e. The van der Waals surface area contributed by atoms with Crippen molar-refractivity contribution >= 4 is 23.6 Å². The number of esters is 1. The summed E-state index contributed by atoms with van der Waals surface area (Å²) in [5.41, 5.74) is 2.18. The summed E-state index contributed by atoms with van der Waals surface area (Å²) in [5.74, 6) is -1.49. The lowest BCUT2D eigenvalue weighted by atomic mass is 10.2. The second-order valence-electron chi connectivity index (χ2n) is 5.33. The molecule has 5 heteroatoms. The van der Waals surface area contributed by atoms with Gasteiger partial charge in [0.15, 0.2) is 6.10 Å². The van der Waals surface area contributed by atoms with Crippen molar-refractivity contribution in [1.82, 2.24) is 0 Å². The molecule has 1 atom stereocenters. The zero-order valence-corrected chi connectivity index (χ0v) is 13.5. The molecule has 1 N–H and O–H groups in total. The van der Waals surface area contributed by atoms with Gasteiger partial charge in [-0.3, -0.25) is 4.79 Å². The molecule has 0 aromatic heterocycles. The number of hydrogen-bond acceptors (Lipinski definition) is 3. The van der Waals surface area contributed by atoms with Gasteiger partial charge in [0.25, 0.3) is 5.91 Å². The first-order chi connectivity index (χ1) is 11.4. The molecule has 0 aliphatic rings. The van der Waals surface area contributed by atoms with Crippen molar-refractivity contribution in [3.8, 4) is 0 Å². The number of amides is 1. The van der Waals surface area contributed by atoms with E-state index in [1.165, 1.54) is 31.2 Å². The molecule has 0 heterocycles. The lowest BCUT2D eigenvalue weighted by Crippen LogP contribution is -2.29. The molecule has 24 heavy (non-hydrogen) atoms. The molecule has 0 bridgehead atoms. The van der Waals surface area contributed by atoms with E-state index in [-0.39, 0.29) is 0 Å². The van der Waals surface area contributed by atoms with Gasteiger partial charge >= 0.3 is 5.97 Å². The van der Waals surface area contributed by atoms with Crippen molar-refractivity contribution in [2.75, 3.05) is 5.32 Å². The average molecular weight is 327 g/mol. The molecule has 124 valence electrons. The van der Waals surface area contributed by atoms with Crippen LogP contribution in [0.5, 0.6) is 0 Å². The van der Waals surface area contributed by atoms with E-state index in [0.29, 0.717) is 11.3 Å². The fourth-order valence-electron chi connectivity index (χ4n) is 2.01. The number of carbonyl (C=O) groups excluding carboxylic acids is 2. The molecule has 0 fully saturated rings. The van der Waals surface area contributed by atoms with Crippen molar-refractivity contribution < 1.29 is 18.7 Å². The Morgan fingerprint density at radius 2 is 1.92 bits per heavy atom. The number of hydrogen-bond donors (Lipinski definition) is 1. The highest BCUT2D eigenvalue weighted by Gasteiger charge is 2.16. The van der Waals surface area contributed by atoms with Gasteiger partial charge in [-0.05, 0) is 55.3 Å². The predicted octanol–water partition coefficient (Wildman–Crippen LogP) is 3.72. The van der Waals surface area contributed by atoms with E-state index in [1.807, 2.05) is 25.1 Å². The van der Waals surface area contributed by atoms with E-state index >= 15 is 0 Å². The van der Waals surface area contributed by atoms with Crippen molar-refractivity contribution in [2.24, 2.45) is 0 Å². The molecule has 0 saturated heterocycles. The Hall–Kier alpha value is -2.95.